The smallest absolute Gasteiger partial charge is 0.178 e. The summed E-state index contributed by atoms with van der Waals surface area (Å²) in [5, 5.41) is 2.87. The van der Waals surface area contributed by atoms with Gasteiger partial charge < -0.3 is 10.7 Å². The van der Waals surface area contributed by atoms with Crippen LogP contribution in [-0.2, 0) is 0 Å². The highest BCUT2D eigenvalue weighted by Gasteiger charge is 2.12. The van der Waals surface area contributed by atoms with E-state index in [0.29, 0.717) is 12.5 Å². The first-order chi connectivity index (χ1) is 8.12. The first-order valence-corrected chi connectivity index (χ1v) is 5.68. The van der Waals surface area contributed by atoms with Gasteiger partial charge in [-0.15, -0.1) is 0 Å². The van der Waals surface area contributed by atoms with Gasteiger partial charge in [0.25, 0.3) is 0 Å². The second kappa shape index (κ2) is 6.34. The van der Waals surface area contributed by atoms with Gasteiger partial charge in [-0.3, -0.25) is 0 Å². The molecule has 1 rings (SSSR count). The highest BCUT2D eigenvalue weighted by Crippen LogP contribution is 2.19. The molecule has 0 aromatic carbocycles. The van der Waals surface area contributed by atoms with Gasteiger partial charge in [0.05, 0.1) is 0 Å². The van der Waals surface area contributed by atoms with Crippen molar-refractivity contribution in [1.29, 1.82) is 0 Å². The zero-order valence-corrected chi connectivity index (χ0v) is 10.1. The van der Waals surface area contributed by atoms with E-state index in [-0.39, 0.29) is 11.6 Å². The number of pyridine rings is 1. The van der Waals surface area contributed by atoms with Crippen LogP contribution in [0.2, 0.25) is 0 Å². The second-order valence-corrected chi connectivity index (χ2v) is 3.86. The van der Waals surface area contributed by atoms with Crippen LogP contribution in [0.5, 0.6) is 0 Å². The summed E-state index contributed by atoms with van der Waals surface area (Å²) in [5.74, 6) is 3.84. The predicted octanol–water partition coefficient (Wildman–Crippen LogP) is 2.49. The molecule has 0 fully saturated rings. The lowest BCUT2D eigenvalue weighted by Crippen LogP contribution is -2.17. The molecule has 1 heterocycles. The molecule has 4 N–H and O–H groups in total. The molecule has 0 atom stereocenters. The standard InChI is InChI=1S/C11H18F2N4/c1-3-7(4-2)6-15-10-8(12)5-9(13)11(16-10)17-14/h5,7H,3-4,6,14H2,1-2H3,(H2,15,16,17). The van der Waals surface area contributed by atoms with Gasteiger partial charge in [-0.1, -0.05) is 26.7 Å². The summed E-state index contributed by atoms with van der Waals surface area (Å²) in [5.41, 5.74) is 2.09. The number of anilines is 2. The Hall–Kier alpha value is -1.43. The first kappa shape index (κ1) is 13.6. The third-order valence-corrected chi connectivity index (χ3v) is 2.78. The molecule has 1 aromatic heterocycles. The Morgan fingerprint density at radius 2 is 1.82 bits per heavy atom. The van der Waals surface area contributed by atoms with Crippen LogP contribution >= 0.6 is 0 Å². The molecule has 6 heteroatoms. The Morgan fingerprint density at radius 3 is 2.35 bits per heavy atom. The van der Waals surface area contributed by atoms with Crippen LogP contribution < -0.4 is 16.6 Å². The molecule has 0 saturated heterocycles. The van der Waals surface area contributed by atoms with Crippen LogP contribution in [0.1, 0.15) is 26.7 Å². The van der Waals surface area contributed by atoms with Gasteiger partial charge in [-0.25, -0.2) is 19.6 Å². The number of nitrogens with one attached hydrogen (secondary N) is 2. The fourth-order valence-corrected chi connectivity index (χ4v) is 1.51. The zero-order valence-electron chi connectivity index (χ0n) is 10.1. The lowest BCUT2D eigenvalue weighted by molar-refractivity contribution is 0.514. The van der Waals surface area contributed by atoms with Crippen molar-refractivity contribution in [2.75, 3.05) is 17.3 Å². The SMILES string of the molecule is CCC(CC)CNc1nc(NN)c(F)cc1F. The van der Waals surface area contributed by atoms with Crippen molar-refractivity contribution in [2.45, 2.75) is 26.7 Å². The van der Waals surface area contributed by atoms with Crippen molar-refractivity contribution < 1.29 is 8.78 Å². The Bertz CT molecular complexity index is 367. The van der Waals surface area contributed by atoms with E-state index in [1.54, 1.807) is 0 Å². The molecule has 17 heavy (non-hydrogen) atoms. The maximum atomic E-state index is 13.4. The highest BCUT2D eigenvalue weighted by molar-refractivity contribution is 5.46. The molecule has 0 bridgehead atoms. The topological polar surface area (TPSA) is 63.0 Å². The largest absolute Gasteiger partial charge is 0.367 e. The van der Waals surface area contributed by atoms with Crippen LogP contribution in [0, 0.1) is 17.6 Å². The number of nitrogens with two attached hydrogens (primary N) is 1. The highest BCUT2D eigenvalue weighted by atomic mass is 19.1. The normalized spacial score (nSPS) is 10.7. The zero-order chi connectivity index (χ0) is 12.8. The fourth-order valence-electron chi connectivity index (χ4n) is 1.51. The van der Waals surface area contributed by atoms with E-state index in [1.807, 2.05) is 0 Å². The summed E-state index contributed by atoms with van der Waals surface area (Å²) < 4.78 is 26.5. The molecule has 0 unspecified atom stereocenters. The summed E-state index contributed by atoms with van der Waals surface area (Å²) in [4.78, 5) is 3.73. The van der Waals surface area contributed by atoms with Crippen molar-refractivity contribution in [1.82, 2.24) is 4.98 Å². The maximum absolute atomic E-state index is 13.4. The first-order valence-electron chi connectivity index (χ1n) is 5.68. The van der Waals surface area contributed by atoms with Crippen molar-refractivity contribution in [2.24, 2.45) is 11.8 Å². The number of hydrazine groups is 1. The molecule has 4 nitrogen and oxygen atoms in total. The fraction of sp³-hybridized carbons (Fsp3) is 0.545. The third-order valence-electron chi connectivity index (χ3n) is 2.78. The molecule has 0 radical (unpaired) electrons. The molecule has 96 valence electrons. The average molecular weight is 244 g/mol. The molecule has 0 spiro atoms. The number of rotatable bonds is 6. The summed E-state index contributed by atoms with van der Waals surface area (Å²) in [6, 6.07) is 0.761. The van der Waals surface area contributed by atoms with Gasteiger partial charge in [0, 0.05) is 12.6 Å². The van der Waals surface area contributed by atoms with Crippen LogP contribution in [0.4, 0.5) is 20.4 Å². The van der Waals surface area contributed by atoms with Gasteiger partial charge in [0.15, 0.2) is 23.3 Å². The lowest BCUT2D eigenvalue weighted by atomic mass is 10.0. The number of aromatic nitrogens is 1. The van der Waals surface area contributed by atoms with E-state index in [2.05, 4.69) is 29.6 Å². The van der Waals surface area contributed by atoms with E-state index in [1.165, 1.54) is 0 Å². The Labute approximate surface area is 99.6 Å². The number of nitrogens with zero attached hydrogens (tertiary/aromatic N) is 1. The minimum absolute atomic E-state index is 0.0197. The van der Waals surface area contributed by atoms with E-state index < -0.39 is 11.6 Å². The van der Waals surface area contributed by atoms with Crippen LogP contribution in [0.25, 0.3) is 0 Å². The molecule has 0 aliphatic heterocycles. The Balaban J connectivity index is 2.76. The van der Waals surface area contributed by atoms with E-state index in [9.17, 15) is 8.78 Å². The molecule has 0 saturated carbocycles. The van der Waals surface area contributed by atoms with Crippen molar-refractivity contribution in [3.05, 3.63) is 17.7 Å². The third kappa shape index (κ3) is 3.52. The van der Waals surface area contributed by atoms with Crippen molar-refractivity contribution >= 4 is 11.6 Å². The van der Waals surface area contributed by atoms with E-state index in [4.69, 9.17) is 5.84 Å². The molecule has 0 amide bonds. The Morgan fingerprint density at radius 1 is 1.24 bits per heavy atom. The number of nitrogen functional groups attached to an aromatic ring is 1. The minimum Gasteiger partial charge on any atom is -0.367 e. The summed E-state index contributed by atoms with van der Waals surface area (Å²) in [6.45, 7) is 4.74. The molecule has 1 aromatic rings. The summed E-state index contributed by atoms with van der Waals surface area (Å²) in [6.07, 6.45) is 1.99. The molecular formula is C11H18F2N4. The van der Waals surface area contributed by atoms with Gasteiger partial charge in [-0.05, 0) is 5.92 Å². The maximum Gasteiger partial charge on any atom is 0.178 e. The van der Waals surface area contributed by atoms with Gasteiger partial charge in [-0.2, -0.15) is 0 Å². The quantitative estimate of drug-likeness (QED) is 0.531. The van der Waals surface area contributed by atoms with Crippen LogP contribution in [0.3, 0.4) is 0 Å². The number of hydrogen-bond acceptors (Lipinski definition) is 4. The van der Waals surface area contributed by atoms with Crippen molar-refractivity contribution in [3.63, 3.8) is 0 Å². The van der Waals surface area contributed by atoms with Crippen LogP contribution in [-0.4, -0.2) is 11.5 Å². The molecular weight excluding hydrogens is 226 g/mol. The summed E-state index contributed by atoms with van der Waals surface area (Å²) >= 11 is 0. The monoisotopic (exact) mass is 244 g/mol. The number of halogens is 2. The predicted molar refractivity (Wildman–Crippen MR) is 64.5 cm³/mol. The van der Waals surface area contributed by atoms with Crippen molar-refractivity contribution in [3.8, 4) is 0 Å². The van der Waals surface area contributed by atoms with Gasteiger partial charge in [0.2, 0.25) is 0 Å². The molecule has 0 aliphatic rings. The lowest BCUT2D eigenvalue weighted by Gasteiger charge is -2.14. The van der Waals surface area contributed by atoms with Gasteiger partial charge in [0.1, 0.15) is 0 Å². The minimum atomic E-state index is -0.807. The van der Waals surface area contributed by atoms with Crippen LogP contribution in [0.15, 0.2) is 6.07 Å². The second-order valence-electron chi connectivity index (χ2n) is 3.86. The summed E-state index contributed by atoms with van der Waals surface area (Å²) in [7, 11) is 0. The average Bonchev–Trinajstić information content (AvgIpc) is 2.32. The van der Waals surface area contributed by atoms with E-state index in [0.717, 1.165) is 18.9 Å². The van der Waals surface area contributed by atoms with Gasteiger partial charge >= 0.3 is 0 Å². The Kier molecular flexibility index (Phi) is 5.09. The number of hydrogen-bond donors (Lipinski definition) is 3. The molecule has 0 aliphatic carbocycles. The van der Waals surface area contributed by atoms with E-state index >= 15 is 0 Å².